The van der Waals surface area contributed by atoms with E-state index in [4.69, 9.17) is 9.72 Å². The van der Waals surface area contributed by atoms with Crippen molar-refractivity contribution in [1.29, 1.82) is 0 Å². The molecule has 0 unspecified atom stereocenters. The van der Waals surface area contributed by atoms with E-state index in [1.807, 2.05) is 143 Å². The van der Waals surface area contributed by atoms with Gasteiger partial charge in [-0.15, -0.1) is 0 Å². The number of alkyl carbamates (subject to hydrolysis) is 1. The van der Waals surface area contributed by atoms with E-state index in [1.54, 1.807) is 21.0 Å². The van der Waals surface area contributed by atoms with Crippen LogP contribution >= 0.6 is 0 Å². The maximum absolute atomic E-state index is 14.7. The lowest BCUT2D eigenvalue weighted by Gasteiger charge is -2.38. The number of hydrogen-bond acceptors (Lipinski definition) is 9. The summed E-state index contributed by atoms with van der Waals surface area (Å²) in [5.74, 6) is -0.397. The van der Waals surface area contributed by atoms with E-state index in [2.05, 4.69) is 21.0 Å². The van der Waals surface area contributed by atoms with E-state index in [0.29, 0.717) is 19.5 Å². The lowest BCUT2D eigenvalue weighted by Crippen LogP contribution is -2.60. The van der Waals surface area contributed by atoms with E-state index >= 15 is 0 Å². The Kier molecular flexibility index (Phi) is 15.2. The molecular weight excluding hydrogens is 799 g/mol. The zero-order valence-corrected chi connectivity index (χ0v) is 37.3. The van der Waals surface area contributed by atoms with Gasteiger partial charge in [-0.2, -0.15) is 0 Å². The molecule has 2 aromatic heterocycles. The van der Waals surface area contributed by atoms with Crippen molar-refractivity contribution in [1.82, 2.24) is 45.4 Å². The van der Waals surface area contributed by atoms with Gasteiger partial charge < -0.3 is 34.8 Å². The molecule has 3 heterocycles. The molecule has 4 N–H and O–H groups in total. The van der Waals surface area contributed by atoms with Gasteiger partial charge in [0.05, 0.1) is 42.5 Å². The van der Waals surface area contributed by atoms with E-state index in [0.717, 1.165) is 39.2 Å². The number of carbonyl (C=O) groups excluding carboxylic acids is 4. The van der Waals surface area contributed by atoms with Crippen LogP contribution in [0.4, 0.5) is 9.59 Å². The number of aliphatic hydroxyl groups excluding tert-OH is 1. The zero-order chi connectivity index (χ0) is 45.3. The number of carbonyl (C=O) groups is 4. The van der Waals surface area contributed by atoms with Gasteiger partial charge in [0, 0.05) is 45.0 Å². The van der Waals surface area contributed by atoms with Gasteiger partial charge in [0.2, 0.25) is 5.91 Å². The predicted molar refractivity (Wildman–Crippen MR) is 242 cm³/mol. The summed E-state index contributed by atoms with van der Waals surface area (Å²) in [5, 5.41) is 19.7. The van der Waals surface area contributed by atoms with Crippen molar-refractivity contribution in [3.63, 3.8) is 0 Å². The summed E-state index contributed by atoms with van der Waals surface area (Å²) in [6.07, 6.45) is 0.627. The molecule has 1 fully saturated rings. The third-order valence-electron chi connectivity index (χ3n) is 11.7. The van der Waals surface area contributed by atoms with Crippen LogP contribution in [-0.4, -0.2) is 109 Å². The highest BCUT2D eigenvalue weighted by atomic mass is 16.5. The molecule has 1 saturated heterocycles. The summed E-state index contributed by atoms with van der Waals surface area (Å²) in [7, 11) is 3.17. The minimum absolute atomic E-state index is 0.106. The molecule has 6 rings (SSSR count). The fourth-order valence-electron chi connectivity index (χ4n) is 8.06. The Morgan fingerprint density at radius 3 is 2.24 bits per heavy atom. The third kappa shape index (κ3) is 11.6. The van der Waals surface area contributed by atoms with Crippen molar-refractivity contribution in [2.24, 2.45) is 18.4 Å². The Labute approximate surface area is 369 Å². The Hall–Kier alpha value is -6.32. The second kappa shape index (κ2) is 20.7. The highest BCUT2D eigenvalue weighted by Gasteiger charge is 2.44. The van der Waals surface area contributed by atoms with E-state index in [-0.39, 0.29) is 38.0 Å². The zero-order valence-electron chi connectivity index (χ0n) is 37.3. The summed E-state index contributed by atoms with van der Waals surface area (Å²) in [4.78, 5) is 67.8. The number of benzene rings is 3. The van der Waals surface area contributed by atoms with Crippen LogP contribution in [-0.2, 0) is 40.9 Å². The summed E-state index contributed by atoms with van der Waals surface area (Å²) in [5.41, 5.74) is 7.53. The topological polar surface area (TPSA) is 174 Å². The van der Waals surface area contributed by atoms with Gasteiger partial charge in [-0.3, -0.25) is 20.0 Å². The molecule has 0 radical (unpaired) electrons. The predicted octanol–water partition coefficient (Wildman–Crippen LogP) is 5.68. The summed E-state index contributed by atoms with van der Waals surface area (Å²) >= 11 is 0. The number of fused-ring (bicyclic) bond motifs is 1. The van der Waals surface area contributed by atoms with Crippen LogP contribution in [0.25, 0.3) is 22.3 Å². The number of para-hydroxylation sites is 2. The first-order valence-corrected chi connectivity index (χ1v) is 21.5. The van der Waals surface area contributed by atoms with Gasteiger partial charge in [0.25, 0.3) is 5.91 Å². The average Bonchev–Trinajstić information content (AvgIpc) is 3.79. The fourth-order valence-corrected chi connectivity index (χ4v) is 8.06. The second-order valence-corrected chi connectivity index (χ2v) is 17.4. The molecule has 334 valence electrons. The number of pyridine rings is 1. The number of methoxy groups -OCH3 is 1. The minimum atomic E-state index is -1.22. The lowest BCUT2D eigenvalue weighted by molar-refractivity contribution is -0.132. The molecular formula is C48H61N9O6. The van der Waals surface area contributed by atoms with Crippen LogP contribution in [0.2, 0.25) is 0 Å². The van der Waals surface area contributed by atoms with Crippen molar-refractivity contribution in [3.05, 3.63) is 120 Å². The normalized spacial score (nSPS) is 15.5. The van der Waals surface area contributed by atoms with E-state index < -0.39 is 47.6 Å². The van der Waals surface area contributed by atoms with E-state index in [9.17, 15) is 24.3 Å². The number of aryl methyl sites for hydroxylation is 1. The van der Waals surface area contributed by atoms with Gasteiger partial charge in [-0.1, -0.05) is 114 Å². The molecule has 0 spiro atoms. The Balaban J connectivity index is 1.25. The van der Waals surface area contributed by atoms with Crippen LogP contribution in [0.3, 0.4) is 0 Å². The summed E-state index contributed by atoms with van der Waals surface area (Å²) in [6.45, 7) is 10.7. The van der Waals surface area contributed by atoms with Gasteiger partial charge in [0.1, 0.15) is 17.9 Å². The first-order valence-electron chi connectivity index (χ1n) is 21.5. The molecule has 5 atom stereocenters. The van der Waals surface area contributed by atoms with Crippen molar-refractivity contribution in [2.75, 3.05) is 26.7 Å². The Morgan fingerprint density at radius 2 is 1.59 bits per heavy atom. The molecule has 5 aromatic rings. The molecule has 5 amide bonds. The van der Waals surface area contributed by atoms with Gasteiger partial charge in [-0.05, 0) is 53.1 Å². The van der Waals surface area contributed by atoms with Gasteiger partial charge in [-0.25, -0.2) is 19.6 Å². The maximum atomic E-state index is 14.7. The molecule has 0 aliphatic carbocycles. The number of imidazole rings is 1. The molecule has 1 aliphatic rings. The van der Waals surface area contributed by atoms with Crippen LogP contribution in [0, 0.1) is 11.3 Å². The number of nitrogens with one attached hydrogen (secondary N) is 3. The summed E-state index contributed by atoms with van der Waals surface area (Å²) in [6, 6.07) is 27.9. The lowest BCUT2D eigenvalue weighted by atomic mass is 9.84. The van der Waals surface area contributed by atoms with Crippen LogP contribution < -0.4 is 16.1 Å². The fraction of sp³-hybridized carbons (Fsp3) is 0.417. The molecule has 0 saturated carbocycles. The number of hydrogen-bond donors (Lipinski definition) is 4. The van der Waals surface area contributed by atoms with Crippen molar-refractivity contribution in [2.45, 2.75) is 84.8 Å². The standard InChI is InChI=1S/C48H61N9O6/c1-8-32(2)42(52-46(61)63-7)44(59)53-56(29-34-21-23-35(24-22-34)36-18-14-15-25-49-36)30-40(58)38(28-33-16-10-9-11-17-33)51-45(60)43(48(3,4)5)57-27-26-55(47(57)62)31-41-50-37-19-12-13-20-39(37)54(41)6/h9-25,32,38,40,42-43,58H,8,26-31H2,1-7H3,(H,51,60)(H,52,61)(H,53,59)/t32-,38-,40-,42-,43+/m0/s1. The Morgan fingerprint density at radius 1 is 0.889 bits per heavy atom. The van der Waals surface area contributed by atoms with Gasteiger partial charge >= 0.3 is 12.1 Å². The molecule has 3 aromatic carbocycles. The first-order chi connectivity index (χ1) is 30.2. The highest BCUT2D eigenvalue weighted by molar-refractivity contribution is 5.89. The van der Waals surface area contributed by atoms with Crippen molar-refractivity contribution in [3.8, 4) is 11.3 Å². The molecule has 1 aliphatic heterocycles. The minimum Gasteiger partial charge on any atom is -0.453 e. The van der Waals surface area contributed by atoms with Gasteiger partial charge in [0.15, 0.2) is 0 Å². The van der Waals surface area contributed by atoms with Crippen LogP contribution in [0.5, 0.6) is 0 Å². The molecule has 63 heavy (non-hydrogen) atoms. The number of hydrazine groups is 1. The molecule has 15 nitrogen and oxygen atoms in total. The quantitative estimate of drug-likeness (QED) is 0.0809. The average molecular weight is 860 g/mol. The number of nitrogens with zero attached hydrogens (tertiary/aromatic N) is 6. The monoisotopic (exact) mass is 859 g/mol. The Bertz CT molecular complexity index is 2320. The maximum Gasteiger partial charge on any atom is 0.407 e. The number of ether oxygens (including phenoxy) is 1. The number of rotatable bonds is 18. The second-order valence-electron chi connectivity index (χ2n) is 17.4. The van der Waals surface area contributed by atoms with Crippen molar-refractivity contribution >= 4 is 35.0 Å². The smallest absolute Gasteiger partial charge is 0.407 e. The van der Waals surface area contributed by atoms with E-state index in [1.165, 1.54) is 7.11 Å². The molecule has 15 heteroatoms. The summed E-state index contributed by atoms with van der Waals surface area (Å²) < 4.78 is 6.82. The number of urea groups is 1. The van der Waals surface area contributed by atoms with Crippen LogP contribution in [0.15, 0.2) is 103 Å². The highest BCUT2D eigenvalue weighted by Crippen LogP contribution is 2.29. The largest absolute Gasteiger partial charge is 0.453 e. The number of aromatic nitrogens is 3. The van der Waals surface area contributed by atoms with Crippen LogP contribution in [0.1, 0.15) is 58.0 Å². The first kappa shape index (κ1) is 46.2. The number of amides is 5. The third-order valence-corrected chi connectivity index (χ3v) is 11.7. The number of aliphatic hydroxyl groups is 1. The SMILES string of the molecule is CC[C@H](C)[C@H](NC(=O)OC)C(=O)NN(Cc1ccc(-c2ccccn2)cc1)C[C@H](O)[C@H](Cc1ccccc1)NC(=O)[C@@H](N1CCN(Cc2nc3ccccc3n2C)C1=O)C(C)(C)C. The van der Waals surface area contributed by atoms with Crippen molar-refractivity contribution < 1.29 is 29.0 Å². The molecule has 0 bridgehead atoms.